The molecule has 1 aliphatic rings. The molecule has 0 spiro atoms. The summed E-state index contributed by atoms with van der Waals surface area (Å²) < 4.78 is 20.5. The number of carbonyl (C=O) groups is 1. The highest BCUT2D eigenvalue weighted by atomic mass is 19.1. The molecule has 0 radical (unpaired) electrons. The number of halogens is 1. The minimum atomic E-state index is -0.297. The maximum absolute atomic E-state index is 13.3. The molecule has 0 saturated heterocycles. The first kappa shape index (κ1) is 16.5. The molecule has 2 aromatic carbocycles. The van der Waals surface area contributed by atoms with E-state index in [-0.39, 0.29) is 17.5 Å². The summed E-state index contributed by atoms with van der Waals surface area (Å²) in [5.41, 5.74) is 4.07. The van der Waals surface area contributed by atoms with Gasteiger partial charge in [0.25, 0.3) is 0 Å². The summed E-state index contributed by atoms with van der Waals surface area (Å²) in [5, 5.41) is 4.56. The van der Waals surface area contributed by atoms with Crippen molar-refractivity contribution in [1.29, 1.82) is 0 Å². The van der Waals surface area contributed by atoms with Crippen molar-refractivity contribution < 1.29 is 13.9 Å². The lowest BCUT2D eigenvalue weighted by Gasteiger charge is -2.24. The van der Waals surface area contributed by atoms with Crippen LogP contribution in [0.2, 0.25) is 0 Å². The molecule has 26 heavy (non-hydrogen) atoms. The van der Waals surface area contributed by atoms with E-state index < -0.39 is 0 Å². The Hall–Kier alpha value is -2.95. The monoisotopic (exact) mass is 350 g/mol. The Balaban J connectivity index is 1.80. The summed E-state index contributed by atoms with van der Waals surface area (Å²) >= 11 is 0. The molecule has 0 fully saturated rings. The molecule has 1 aromatic heterocycles. The highest BCUT2D eigenvalue weighted by molar-refractivity contribution is 6.00. The van der Waals surface area contributed by atoms with Gasteiger partial charge in [0, 0.05) is 12.3 Å². The van der Waals surface area contributed by atoms with Crippen LogP contribution in [-0.4, -0.2) is 22.7 Å². The first-order valence-corrected chi connectivity index (χ1v) is 8.59. The Morgan fingerprint density at radius 1 is 1.12 bits per heavy atom. The Morgan fingerprint density at radius 3 is 2.58 bits per heavy atom. The van der Waals surface area contributed by atoms with E-state index in [0.717, 1.165) is 22.7 Å². The highest BCUT2D eigenvalue weighted by Gasteiger charge is 2.33. The lowest BCUT2D eigenvalue weighted by Crippen LogP contribution is -2.21. The second kappa shape index (κ2) is 6.41. The van der Waals surface area contributed by atoms with Gasteiger partial charge in [-0.3, -0.25) is 4.79 Å². The number of hydrogen-bond acceptors (Lipinski definition) is 3. The number of rotatable bonds is 3. The minimum Gasteiger partial charge on any atom is -0.496 e. The molecule has 1 heterocycles. The first-order chi connectivity index (χ1) is 12.6. The van der Waals surface area contributed by atoms with Crippen LogP contribution in [-0.2, 0) is 6.42 Å². The van der Waals surface area contributed by atoms with Crippen LogP contribution < -0.4 is 4.74 Å². The van der Waals surface area contributed by atoms with Gasteiger partial charge in [-0.1, -0.05) is 18.2 Å². The van der Waals surface area contributed by atoms with Crippen molar-refractivity contribution in [3.05, 3.63) is 76.9 Å². The van der Waals surface area contributed by atoms with Gasteiger partial charge in [0.1, 0.15) is 11.6 Å². The Bertz CT molecular complexity index is 976. The van der Waals surface area contributed by atoms with Gasteiger partial charge in [-0.15, -0.1) is 0 Å². The fourth-order valence-electron chi connectivity index (χ4n) is 3.78. The molecule has 3 aromatic rings. The molecule has 0 unspecified atom stereocenters. The molecule has 0 bridgehead atoms. The van der Waals surface area contributed by atoms with Crippen LogP contribution in [0.4, 0.5) is 4.39 Å². The van der Waals surface area contributed by atoms with Crippen molar-refractivity contribution in [2.24, 2.45) is 0 Å². The number of ketones is 1. The van der Waals surface area contributed by atoms with E-state index in [1.54, 1.807) is 23.9 Å². The number of fused-ring (bicyclic) bond motifs is 1. The highest BCUT2D eigenvalue weighted by Crippen LogP contribution is 2.38. The molecule has 0 saturated carbocycles. The largest absolute Gasteiger partial charge is 0.496 e. The molecule has 0 N–H and O–H groups in total. The van der Waals surface area contributed by atoms with Gasteiger partial charge in [0.15, 0.2) is 5.78 Å². The smallest absolute Gasteiger partial charge is 0.167 e. The van der Waals surface area contributed by atoms with Crippen molar-refractivity contribution in [3.63, 3.8) is 0 Å². The van der Waals surface area contributed by atoms with Crippen LogP contribution in [0.25, 0.3) is 5.69 Å². The van der Waals surface area contributed by atoms with Gasteiger partial charge in [-0.2, -0.15) is 5.10 Å². The number of Topliss-reactive ketones (excluding diaryl/α,β-unsaturated/α-hetero) is 1. The SMILES string of the molecule is COc1ccccc1[C@H]1CC(=O)c2c(C)nn(-c3ccc(F)cc3)c2C1. The van der Waals surface area contributed by atoms with E-state index in [9.17, 15) is 9.18 Å². The molecular weight excluding hydrogens is 331 g/mol. The number of carbonyl (C=O) groups excluding carboxylic acids is 1. The summed E-state index contributed by atoms with van der Waals surface area (Å²) in [6.07, 6.45) is 1.11. The van der Waals surface area contributed by atoms with Crippen molar-refractivity contribution in [3.8, 4) is 11.4 Å². The van der Waals surface area contributed by atoms with Gasteiger partial charge >= 0.3 is 0 Å². The van der Waals surface area contributed by atoms with E-state index in [4.69, 9.17) is 4.74 Å². The molecule has 0 aliphatic heterocycles. The van der Waals surface area contributed by atoms with Crippen LogP contribution in [0.1, 0.15) is 39.6 Å². The number of para-hydroxylation sites is 1. The number of hydrogen-bond donors (Lipinski definition) is 0. The number of methoxy groups -OCH3 is 1. The molecule has 4 rings (SSSR count). The van der Waals surface area contributed by atoms with E-state index in [2.05, 4.69) is 5.10 Å². The van der Waals surface area contributed by atoms with Crippen LogP contribution in [0, 0.1) is 12.7 Å². The average molecular weight is 350 g/mol. The van der Waals surface area contributed by atoms with E-state index in [1.807, 2.05) is 31.2 Å². The molecule has 132 valence electrons. The van der Waals surface area contributed by atoms with Gasteiger partial charge < -0.3 is 4.74 Å². The van der Waals surface area contributed by atoms with Crippen LogP contribution in [0.5, 0.6) is 5.75 Å². The second-order valence-electron chi connectivity index (χ2n) is 6.57. The lowest BCUT2D eigenvalue weighted by atomic mass is 9.81. The maximum Gasteiger partial charge on any atom is 0.167 e. The fraction of sp³-hybridized carbons (Fsp3) is 0.238. The third-order valence-corrected chi connectivity index (χ3v) is 4.96. The first-order valence-electron chi connectivity index (χ1n) is 8.59. The molecule has 1 atom stereocenters. The molecular formula is C21H19FN2O2. The van der Waals surface area contributed by atoms with E-state index >= 15 is 0 Å². The molecule has 1 aliphatic carbocycles. The Morgan fingerprint density at radius 2 is 1.85 bits per heavy atom. The minimum absolute atomic E-state index is 0.0291. The van der Waals surface area contributed by atoms with Crippen molar-refractivity contribution >= 4 is 5.78 Å². The van der Waals surface area contributed by atoms with Gasteiger partial charge in [0.05, 0.1) is 29.7 Å². The third kappa shape index (κ3) is 2.69. The molecule has 0 amide bonds. The topological polar surface area (TPSA) is 44.1 Å². The average Bonchev–Trinajstić information content (AvgIpc) is 2.99. The summed E-state index contributed by atoms with van der Waals surface area (Å²) in [4.78, 5) is 12.8. The molecule has 4 nitrogen and oxygen atoms in total. The number of nitrogens with zero attached hydrogens (tertiary/aromatic N) is 2. The van der Waals surface area contributed by atoms with E-state index in [1.165, 1.54) is 12.1 Å². The van der Waals surface area contributed by atoms with Crippen molar-refractivity contribution in [2.75, 3.05) is 7.11 Å². The zero-order chi connectivity index (χ0) is 18.3. The fourth-order valence-corrected chi connectivity index (χ4v) is 3.78. The summed E-state index contributed by atoms with van der Waals surface area (Å²) in [6, 6.07) is 14.0. The van der Waals surface area contributed by atoms with E-state index in [0.29, 0.717) is 24.1 Å². The van der Waals surface area contributed by atoms with Crippen LogP contribution in [0.3, 0.4) is 0 Å². The standard InChI is InChI=1S/C21H19FN2O2/c1-13-21-18(24(23-13)16-9-7-15(22)8-10-16)11-14(12-19(21)25)17-5-3-4-6-20(17)26-2/h3-10,14H,11-12H2,1-2H3/t14-/m1/s1. The molecule has 5 heteroatoms. The predicted octanol–water partition coefficient (Wildman–Crippen LogP) is 4.24. The van der Waals surface area contributed by atoms with Crippen LogP contribution in [0.15, 0.2) is 48.5 Å². The number of benzene rings is 2. The predicted molar refractivity (Wildman–Crippen MR) is 96.6 cm³/mol. The van der Waals surface area contributed by atoms with Crippen molar-refractivity contribution in [2.45, 2.75) is 25.7 Å². The maximum atomic E-state index is 13.3. The number of aromatic nitrogens is 2. The normalized spacial score (nSPS) is 16.4. The quantitative estimate of drug-likeness (QED) is 0.710. The van der Waals surface area contributed by atoms with Gasteiger partial charge in [-0.05, 0) is 49.2 Å². The Labute approximate surface area is 151 Å². The zero-order valence-corrected chi connectivity index (χ0v) is 14.7. The van der Waals surface area contributed by atoms with Crippen molar-refractivity contribution in [1.82, 2.24) is 9.78 Å². The third-order valence-electron chi connectivity index (χ3n) is 4.96. The summed E-state index contributed by atoms with van der Waals surface area (Å²) in [5.74, 6) is 0.613. The number of aryl methyl sites for hydroxylation is 1. The number of ether oxygens (including phenoxy) is 1. The Kier molecular flexibility index (Phi) is 4.07. The summed E-state index contributed by atoms with van der Waals surface area (Å²) in [6.45, 7) is 1.85. The summed E-state index contributed by atoms with van der Waals surface area (Å²) in [7, 11) is 1.64. The second-order valence-corrected chi connectivity index (χ2v) is 6.57. The van der Waals surface area contributed by atoms with Gasteiger partial charge in [-0.25, -0.2) is 9.07 Å². The lowest BCUT2D eigenvalue weighted by molar-refractivity contribution is 0.0963. The van der Waals surface area contributed by atoms with Crippen LogP contribution >= 0.6 is 0 Å². The zero-order valence-electron chi connectivity index (χ0n) is 14.7. The van der Waals surface area contributed by atoms with Gasteiger partial charge in [0.2, 0.25) is 0 Å².